The molecule has 22 heavy (non-hydrogen) atoms. The highest BCUT2D eigenvalue weighted by atomic mass is 19.4. The zero-order valence-corrected chi connectivity index (χ0v) is 11.2. The van der Waals surface area contributed by atoms with Gasteiger partial charge in [0, 0.05) is 0 Å². The maximum atomic E-state index is 12.5. The third kappa shape index (κ3) is 5.43. The van der Waals surface area contributed by atoms with Gasteiger partial charge in [-0.05, 0) is 11.6 Å². The molecule has 0 unspecified atom stereocenters. The number of rotatable bonds is 6. The van der Waals surface area contributed by atoms with Gasteiger partial charge in [-0.1, -0.05) is 18.2 Å². The predicted octanol–water partition coefficient (Wildman–Crippen LogP) is 0.693. The molecular formula is C13H13F3N2O4. The zero-order valence-electron chi connectivity index (χ0n) is 11.2. The summed E-state index contributed by atoms with van der Waals surface area (Å²) in [5, 5.41) is 10.7. The number of alkyl halides is 3. The standard InChI is InChI=1S/C13H13F3N2O4/c14-13(15,16)8-3-1-2-7(4-8)5-10(19)18-9(12(17)22)6-11(20)21/h1-4,9H,5-6H2,(H2,17,22)(H,18,19)(H,20,21)/t9-/m1/s1. The molecular weight excluding hydrogens is 305 g/mol. The second-order valence-corrected chi connectivity index (χ2v) is 4.50. The van der Waals surface area contributed by atoms with E-state index in [0.29, 0.717) is 0 Å². The van der Waals surface area contributed by atoms with Crippen molar-refractivity contribution < 1.29 is 32.7 Å². The number of carbonyl (C=O) groups is 3. The second-order valence-electron chi connectivity index (χ2n) is 4.50. The number of nitrogens with one attached hydrogen (secondary N) is 1. The summed E-state index contributed by atoms with van der Waals surface area (Å²) in [7, 11) is 0. The minimum Gasteiger partial charge on any atom is -0.481 e. The highest BCUT2D eigenvalue weighted by Gasteiger charge is 2.30. The van der Waals surface area contributed by atoms with Crippen LogP contribution in [0.3, 0.4) is 0 Å². The molecule has 0 bridgehead atoms. The smallest absolute Gasteiger partial charge is 0.416 e. The fraction of sp³-hybridized carbons (Fsp3) is 0.308. The van der Waals surface area contributed by atoms with Crippen LogP contribution in [0.1, 0.15) is 17.5 Å². The van der Waals surface area contributed by atoms with E-state index in [0.717, 1.165) is 18.2 Å². The molecule has 0 saturated carbocycles. The number of halogens is 3. The number of carbonyl (C=O) groups excluding carboxylic acids is 2. The van der Waals surface area contributed by atoms with Gasteiger partial charge in [0.15, 0.2) is 0 Å². The fourth-order valence-corrected chi connectivity index (χ4v) is 1.69. The molecule has 0 aliphatic heterocycles. The van der Waals surface area contributed by atoms with Crippen molar-refractivity contribution in [1.29, 1.82) is 0 Å². The predicted molar refractivity (Wildman–Crippen MR) is 68.5 cm³/mol. The van der Waals surface area contributed by atoms with Crippen molar-refractivity contribution in [2.45, 2.75) is 25.1 Å². The summed E-state index contributed by atoms with van der Waals surface area (Å²) in [5.74, 6) is -3.19. The van der Waals surface area contributed by atoms with Crippen LogP contribution in [-0.2, 0) is 27.0 Å². The lowest BCUT2D eigenvalue weighted by Gasteiger charge is -2.14. The van der Waals surface area contributed by atoms with Crippen molar-refractivity contribution in [3.8, 4) is 0 Å². The van der Waals surface area contributed by atoms with Crippen LogP contribution in [0.2, 0.25) is 0 Å². The first kappa shape index (κ1) is 17.5. The molecule has 2 amide bonds. The van der Waals surface area contributed by atoms with Crippen LogP contribution in [0, 0.1) is 0 Å². The normalized spacial score (nSPS) is 12.5. The highest BCUT2D eigenvalue weighted by Crippen LogP contribution is 2.29. The average molecular weight is 318 g/mol. The molecule has 1 aromatic carbocycles. The first-order chi connectivity index (χ1) is 10.1. The van der Waals surface area contributed by atoms with Gasteiger partial charge in [-0.3, -0.25) is 14.4 Å². The van der Waals surface area contributed by atoms with Gasteiger partial charge in [-0.25, -0.2) is 0 Å². The Morgan fingerprint density at radius 3 is 2.41 bits per heavy atom. The number of carboxylic acid groups (broad SMARTS) is 1. The number of nitrogens with two attached hydrogens (primary N) is 1. The third-order valence-electron chi connectivity index (χ3n) is 2.68. The van der Waals surface area contributed by atoms with E-state index >= 15 is 0 Å². The largest absolute Gasteiger partial charge is 0.481 e. The summed E-state index contributed by atoms with van der Waals surface area (Å²) in [6.45, 7) is 0. The summed E-state index contributed by atoms with van der Waals surface area (Å²) < 4.78 is 37.6. The van der Waals surface area contributed by atoms with Crippen molar-refractivity contribution in [1.82, 2.24) is 5.32 Å². The average Bonchev–Trinajstić information content (AvgIpc) is 2.36. The van der Waals surface area contributed by atoms with E-state index in [2.05, 4.69) is 5.32 Å². The lowest BCUT2D eigenvalue weighted by Crippen LogP contribution is -2.46. The van der Waals surface area contributed by atoms with Crippen molar-refractivity contribution in [3.05, 3.63) is 35.4 Å². The molecule has 0 aliphatic rings. The molecule has 0 spiro atoms. The molecule has 0 fully saturated rings. The maximum Gasteiger partial charge on any atom is 0.416 e. The van der Waals surface area contributed by atoms with Crippen molar-refractivity contribution in [2.75, 3.05) is 0 Å². The molecule has 0 heterocycles. The van der Waals surface area contributed by atoms with Crippen molar-refractivity contribution >= 4 is 17.8 Å². The number of hydrogen-bond acceptors (Lipinski definition) is 3. The van der Waals surface area contributed by atoms with Gasteiger partial charge in [-0.2, -0.15) is 13.2 Å². The second kappa shape index (κ2) is 6.92. The van der Waals surface area contributed by atoms with Gasteiger partial charge in [-0.15, -0.1) is 0 Å². The van der Waals surface area contributed by atoms with E-state index in [4.69, 9.17) is 10.8 Å². The van der Waals surface area contributed by atoms with Crippen LogP contribution in [0.25, 0.3) is 0 Å². The molecule has 0 aliphatic carbocycles. The Balaban J connectivity index is 2.76. The van der Waals surface area contributed by atoms with E-state index < -0.39 is 48.4 Å². The van der Waals surface area contributed by atoms with E-state index in [9.17, 15) is 27.6 Å². The number of hydrogen-bond donors (Lipinski definition) is 3. The van der Waals surface area contributed by atoms with Gasteiger partial charge in [0.1, 0.15) is 6.04 Å². The number of carboxylic acids is 1. The fourth-order valence-electron chi connectivity index (χ4n) is 1.69. The summed E-state index contributed by atoms with van der Waals surface area (Å²) >= 11 is 0. The molecule has 120 valence electrons. The van der Waals surface area contributed by atoms with E-state index in [1.807, 2.05) is 0 Å². The van der Waals surface area contributed by atoms with Crippen LogP contribution in [-0.4, -0.2) is 28.9 Å². The van der Waals surface area contributed by atoms with Gasteiger partial charge in [0.05, 0.1) is 18.4 Å². The monoisotopic (exact) mass is 318 g/mol. The number of primary amides is 1. The van der Waals surface area contributed by atoms with Crippen LogP contribution in [0.4, 0.5) is 13.2 Å². The van der Waals surface area contributed by atoms with Gasteiger partial charge in [0.25, 0.3) is 0 Å². The number of aliphatic carboxylic acids is 1. The van der Waals surface area contributed by atoms with E-state index in [1.165, 1.54) is 6.07 Å². The molecule has 6 nitrogen and oxygen atoms in total. The van der Waals surface area contributed by atoms with Crippen molar-refractivity contribution in [3.63, 3.8) is 0 Å². The van der Waals surface area contributed by atoms with Gasteiger partial charge >= 0.3 is 12.1 Å². The number of amides is 2. The molecule has 0 radical (unpaired) electrons. The summed E-state index contributed by atoms with van der Waals surface area (Å²) in [6, 6.07) is 2.70. The maximum absolute atomic E-state index is 12.5. The molecule has 4 N–H and O–H groups in total. The van der Waals surface area contributed by atoms with Crippen molar-refractivity contribution in [2.24, 2.45) is 5.73 Å². The van der Waals surface area contributed by atoms with Crippen LogP contribution in [0.5, 0.6) is 0 Å². The summed E-state index contributed by atoms with van der Waals surface area (Å²) in [4.78, 5) is 33.2. The van der Waals surface area contributed by atoms with E-state index in [-0.39, 0.29) is 5.56 Å². The molecule has 9 heteroatoms. The summed E-state index contributed by atoms with van der Waals surface area (Å²) in [6.07, 6.45) is -5.68. The number of benzene rings is 1. The first-order valence-corrected chi connectivity index (χ1v) is 6.06. The lowest BCUT2D eigenvalue weighted by atomic mass is 10.1. The molecule has 1 atom stereocenters. The Labute approximate surface area is 123 Å². The molecule has 0 saturated heterocycles. The molecule has 1 rings (SSSR count). The minimum absolute atomic E-state index is 0.0749. The Hall–Kier alpha value is -2.58. The Kier molecular flexibility index (Phi) is 5.50. The van der Waals surface area contributed by atoms with Crippen LogP contribution < -0.4 is 11.1 Å². The Morgan fingerprint density at radius 2 is 1.91 bits per heavy atom. The molecule has 1 aromatic rings. The van der Waals surface area contributed by atoms with Crippen LogP contribution in [0.15, 0.2) is 24.3 Å². The third-order valence-corrected chi connectivity index (χ3v) is 2.68. The van der Waals surface area contributed by atoms with E-state index in [1.54, 1.807) is 0 Å². The van der Waals surface area contributed by atoms with Gasteiger partial charge < -0.3 is 16.2 Å². The Bertz CT molecular complexity index is 587. The highest BCUT2D eigenvalue weighted by molar-refractivity contribution is 5.90. The van der Waals surface area contributed by atoms with Gasteiger partial charge in [0.2, 0.25) is 11.8 Å². The SMILES string of the molecule is NC(=O)[C@@H](CC(=O)O)NC(=O)Cc1cccc(C(F)(F)F)c1. The summed E-state index contributed by atoms with van der Waals surface area (Å²) in [5.41, 5.74) is 4.11. The Morgan fingerprint density at radius 1 is 1.27 bits per heavy atom. The zero-order chi connectivity index (χ0) is 16.9. The molecule has 0 aromatic heterocycles. The lowest BCUT2D eigenvalue weighted by molar-refractivity contribution is -0.140. The minimum atomic E-state index is -4.54. The topological polar surface area (TPSA) is 109 Å². The quantitative estimate of drug-likeness (QED) is 0.717. The first-order valence-electron chi connectivity index (χ1n) is 6.06. The van der Waals surface area contributed by atoms with Crippen LogP contribution >= 0.6 is 0 Å².